The summed E-state index contributed by atoms with van der Waals surface area (Å²) in [6, 6.07) is 5.75. The summed E-state index contributed by atoms with van der Waals surface area (Å²) in [6.45, 7) is 7.61. The number of ether oxygens (including phenoxy) is 2. The molecule has 152 valence electrons. The van der Waals surface area contributed by atoms with Gasteiger partial charge in [-0.25, -0.2) is 4.98 Å². The van der Waals surface area contributed by atoms with Gasteiger partial charge in [-0.1, -0.05) is 22.9 Å². The number of hydrogen-bond acceptors (Lipinski definition) is 6. The van der Waals surface area contributed by atoms with Gasteiger partial charge in [0, 0.05) is 17.3 Å². The number of halogens is 1. The number of carbonyl (C=O) groups excluding carboxylic acids is 1. The number of benzene rings is 1. The van der Waals surface area contributed by atoms with Crippen LogP contribution in [0.2, 0.25) is 5.02 Å². The number of anilines is 1. The van der Waals surface area contributed by atoms with E-state index in [-0.39, 0.29) is 11.7 Å². The van der Waals surface area contributed by atoms with E-state index in [4.69, 9.17) is 26.1 Å². The zero-order chi connectivity index (χ0) is 20.5. The Morgan fingerprint density at radius 1 is 1.28 bits per heavy atom. The number of thiazole rings is 1. The zero-order valence-corrected chi connectivity index (χ0v) is 18.0. The SMILES string of the molecule is Cc1cc(C)n(CCN(C(=O)C2=COCCO2)c2nc3c(C)cc(Cl)cc3s2)n1. The highest BCUT2D eigenvalue weighted by Crippen LogP contribution is 2.33. The van der Waals surface area contributed by atoms with E-state index < -0.39 is 0 Å². The molecule has 0 spiro atoms. The Labute approximate surface area is 177 Å². The van der Waals surface area contributed by atoms with E-state index in [1.807, 2.05) is 43.7 Å². The van der Waals surface area contributed by atoms with Gasteiger partial charge in [-0.05, 0) is 44.5 Å². The van der Waals surface area contributed by atoms with Crippen molar-refractivity contribution in [2.75, 3.05) is 24.7 Å². The first-order chi connectivity index (χ1) is 13.9. The van der Waals surface area contributed by atoms with Crippen LogP contribution in [-0.4, -0.2) is 40.4 Å². The smallest absolute Gasteiger partial charge is 0.298 e. The van der Waals surface area contributed by atoms with Gasteiger partial charge in [-0.15, -0.1) is 0 Å². The van der Waals surface area contributed by atoms with Gasteiger partial charge < -0.3 is 9.47 Å². The normalized spacial score (nSPS) is 13.7. The molecule has 0 atom stereocenters. The molecule has 3 heterocycles. The summed E-state index contributed by atoms with van der Waals surface area (Å²) >= 11 is 7.63. The van der Waals surface area contributed by atoms with Crippen LogP contribution in [0.4, 0.5) is 5.13 Å². The lowest BCUT2D eigenvalue weighted by atomic mass is 10.2. The van der Waals surface area contributed by atoms with Crippen molar-refractivity contribution in [2.24, 2.45) is 0 Å². The van der Waals surface area contributed by atoms with E-state index in [1.165, 1.54) is 17.6 Å². The molecule has 0 saturated carbocycles. The number of amides is 1. The van der Waals surface area contributed by atoms with Gasteiger partial charge >= 0.3 is 0 Å². The second-order valence-electron chi connectivity index (χ2n) is 6.87. The van der Waals surface area contributed by atoms with E-state index >= 15 is 0 Å². The molecule has 0 aliphatic carbocycles. The molecule has 1 aliphatic heterocycles. The molecule has 9 heteroatoms. The summed E-state index contributed by atoms with van der Waals surface area (Å²) in [5, 5.41) is 5.73. The van der Waals surface area contributed by atoms with Crippen molar-refractivity contribution in [3.63, 3.8) is 0 Å². The number of aryl methyl sites for hydroxylation is 3. The molecule has 0 N–H and O–H groups in total. The lowest BCUT2D eigenvalue weighted by molar-refractivity contribution is -0.119. The molecule has 0 unspecified atom stereocenters. The fourth-order valence-corrected chi connectivity index (χ4v) is 4.70. The average molecular weight is 433 g/mol. The van der Waals surface area contributed by atoms with Gasteiger partial charge in [0.1, 0.15) is 19.5 Å². The lowest BCUT2D eigenvalue weighted by Gasteiger charge is -2.23. The third kappa shape index (κ3) is 4.09. The highest BCUT2D eigenvalue weighted by Gasteiger charge is 2.26. The fraction of sp³-hybridized carbons (Fsp3) is 0.350. The molecule has 7 nitrogen and oxygen atoms in total. The van der Waals surface area contributed by atoms with E-state index in [2.05, 4.69) is 5.10 Å². The summed E-state index contributed by atoms with van der Waals surface area (Å²) < 4.78 is 13.6. The topological polar surface area (TPSA) is 69.5 Å². The van der Waals surface area contributed by atoms with Crippen molar-refractivity contribution in [1.82, 2.24) is 14.8 Å². The summed E-state index contributed by atoms with van der Waals surface area (Å²) in [5.41, 5.74) is 3.79. The molecule has 0 bridgehead atoms. The van der Waals surface area contributed by atoms with Crippen LogP contribution in [-0.2, 0) is 20.8 Å². The van der Waals surface area contributed by atoms with Crippen LogP contribution in [0.3, 0.4) is 0 Å². The Hall–Kier alpha value is -2.58. The fourth-order valence-electron chi connectivity index (χ4n) is 3.25. The number of rotatable bonds is 5. The monoisotopic (exact) mass is 432 g/mol. The number of nitrogens with zero attached hydrogens (tertiary/aromatic N) is 4. The maximum absolute atomic E-state index is 13.2. The molecule has 4 rings (SSSR count). The van der Waals surface area contributed by atoms with E-state index in [0.29, 0.717) is 36.5 Å². The van der Waals surface area contributed by atoms with Gasteiger partial charge in [0.25, 0.3) is 5.91 Å². The number of fused-ring (bicyclic) bond motifs is 1. The second-order valence-corrected chi connectivity index (χ2v) is 8.32. The summed E-state index contributed by atoms with van der Waals surface area (Å²) in [6.07, 6.45) is 1.37. The van der Waals surface area contributed by atoms with Crippen LogP contribution in [0.1, 0.15) is 17.0 Å². The van der Waals surface area contributed by atoms with E-state index in [0.717, 1.165) is 27.2 Å². The predicted molar refractivity (Wildman–Crippen MR) is 113 cm³/mol. The van der Waals surface area contributed by atoms with Crippen LogP contribution in [0.25, 0.3) is 10.2 Å². The number of hydrogen-bond donors (Lipinski definition) is 0. The predicted octanol–water partition coefficient (Wildman–Crippen LogP) is 3.99. The van der Waals surface area contributed by atoms with Crippen molar-refractivity contribution in [2.45, 2.75) is 27.3 Å². The van der Waals surface area contributed by atoms with Crippen molar-refractivity contribution in [3.8, 4) is 0 Å². The van der Waals surface area contributed by atoms with Crippen molar-refractivity contribution >= 4 is 44.2 Å². The van der Waals surface area contributed by atoms with Crippen LogP contribution in [0.15, 0.2) is 30.2 Å². The highest BCUT2D eigenvalue weighted by atomic mass is 35.5. The third-order valence-electron chi connectivity index (χ3n) is 4.61. The Balaban J connectivity index is 1.69. The summed E-state index contributed by atoms with van der Waals surface area (Å²) in [4.78, 5) is 19.5. The standard InChI is InChI=1S/C20H21ClN4O3S/c1-12-8-15(21)10-17-18(12)22-20(29-17)24(19(26)16-11-27-6-7-28-16)4-5-25-14(3)9-13(2)23-25/h8-11H,4-7H2,1-3H3. The van der Waals surface area contributed by atoms with E-state index in [1.54, 1.807) is 4.90 Å². The van der Waals surface area contributed by atoms with Gasteiger partial charge in [-0.2, -0.15) is 5.10 Å². The highest BCUT2D eigenvalue weighted by molar-refractivity contribution is 7.22. The van der Waals surface area contributed by atoms with Crippen LogP contribution >= 0.6 is 22.9 Å². The summed E-state index contributed by atoms with van der Waals surface area (Å²) in [7, 11) is 0. The third-order valence-corrected chi connectivity index (χ3v) is 5.86. The molecule has 1 aliphatic rings. The minimum atomic E-state index is -0.283. The van der Waals surface area contributed by atoms with Gasteiger partial charge in [0.2, 0.25) is 5.76 Å². The quantitative estimate of drug-likeness (QED) is 0.609. The molecule has 0 radical (unpaired) electrons. The van der Waals surface area contributed by atoms with Crippen LogP contribution < -0.4 is 4.90 Å². The Kier molecular flexibility index (Phi) is 5.47. The largest absolute Gasteiger partial charge is 0.494 e. The molecule has 3 aromatic rings. The minimum Gasteiger partial charge on any atom is -0.494 e. The Bertz CT molecular complexity index is 1100. The molecular formula is C20H21ClN4O3S. The summed E-state index contributed by atoms with van der Waals surface area (Å²) in [5.74, 6) is -0.104. The molecule has 1 amide bonds. The Morgan fingerprint density at radius 3 is 2.79 bits per heavy atom. The first kappa shape index (κ1) is 19.7. The molecule has 0 saturated heterocycles. The second kappa shape index (κ2) is 8.04. The first-order valence-corrected chi connectivity index (χ1v) is 10.5. The molecule has 2 aromatic heterocycles. The average Bonchev–Trinajstić information content (AvgIpc) is 3.25. The first-order valence-electron chi connectivity index (χ1n) is 9.26. The number of carbonyl (C=O) groups is 1. The van der Waals surface area contributed by atoms with Crippen LogP contribution in [0.5, 0.6) is 0 Å². The van der Waals surface area contributed by atoms with Crippen molar-refractivity contribution < 1.29 is 14.3 Å². The van der Waals surface area contributed by atoms with E-state index in [9.17, 15) is 4.79 Å². The Morgan fingerprint density at radius 2 is 2.10 bits per heavy atom. The number of aromatic nitrogens is 3. The van der Waals surface area contributed by atoms with Crippen molar-refractivity contribution in [3.05, 3.63) is 52.2 Å². The zero-order valence-electron chi connectivity index (χ0n) is 16.4. The minimum absolute atomic E-state index is 0.179. The molecule has 29 heavy (non-hydrogen) atoms. The van der Waals surface area contributed by atoms with Gasteiger partial charge in [-0.3, -0.25) is 14.4 Å². The van der Waals surface area contributed by atoms with Gasteiger partial charge in [0.15, 0.2) is 5.13 Å². The molecule has 0 fully saturated rings. The maximum atomic E-state index is 13.2. The molecule has 1 aromatic carbocycles. The lowest BCUT2D eigenvalue weighted by Crippen LogP contribution is -2.36. The van der Waals surface area contributed by atoms with Gasteiger partial charge in [0.05, 0.1) is 22.5 Å². The maximum Gasteiger partial charge on any atom is 0.298 e. The van der Waals surface area contributed by atoms with Crippen molar-refractivity contribution in [1.29, 1.82) is 0 Å². The van der Waals surface area contributed by atoms with Crippen LogP contribution in [0, 0.1) is 20.8 Å². The molecular weight excluding hydrogens is 412 g/mol.